The van der Waals surface area contributed by atoms with Gasteiger partial charge >= 0.3 is 0 Å². The van der Waals surface area contributed by atoms with Crippen LogP contribution in [-0.2, 0) is 9.59 Å². The van der Waals surface area contributed by atoms with Crippen LogP contribution >= 0.6 is 0 Å². The third kappa shape index (κ3) is 2.62. The van der Waals surface area contributed by atoms with E-state index in [2.05, 4.69) is 10.7 Å². The van der Waals surface area contributed by atoms with E-state index < -0.39 is 23.7 Å². The number of nitrogens with zero attached hydrogens (tertiary/aromatic N) is 1. The number of fused-ring (bicyclic) bond motifs is 1. The van der Waals surface area contributed by atoms with Crippen molar-refractivity contribution in [1.82, 2.24) is 10.7 Å². The summed E-state index contributed by atoms with van der Waals surface area (Å²) in [7, 11) is 0. The Bertz CT molecular complexity index is 806. The van der Waals surface area contributed by atoms with Gasteiger partial charge in [-0.25, -0.2) is 5.84 Å². The number of carbonyl (C=O) groups is 2. The fourth-order valence-electron chi connectivity index (χ4n) is 3.17. The lowest BCUT2D eigenvalue weighted by atomic mass is 9.80. The predicted molar refractivity (Wildman–Crippen MR) is 84.4 cm³/mol. The smallest absolute Gasteiger partial charge is 0.238 e. The highest BCUT2D eigenvalue weighted by atomic mass is 16.2. The van der Waals surface area contributed by atoms with Gasteiger partial charge in [0.25, 0.3) is 0 Å². The molecule has 0 radical (unpaired) electrons. The molecule has 1 aliphatic rings. The number of nitriles is 1. The minimum Gasteiger partial charge on any atom is -0.348 e. The van der Waals surface area contributed by atoms with E-state index >= 15 is 0 Å². The van der Waals surface area contributed by atoms with Gasteiger partial charge in [-0.2, -0.15) is 5.26 Å². The maximum Gasteiger partial charge on any atom is 0.238 e. The number of rotatable bonds is 2. The second-order valence-electron chi connectivity index (χ2n) is 5.59. The Morgan fingerprint density at radius 3 is 2.74 bits per heavy atom. The number of carbonyl (C=O) groups excluding carboxylic acids is 2. The van der Waals surface area contributed by atoms with Gasteiger partial charge in [-0.3, -0.25) is 15.0 Å². The van der Waals surface area contributed by atoms with Gasteiger partial charge < -0.3 is 5.32 Å². The SMILES string of the molecule is N#CC1C(=O)NC(c2cccc3ccccc23)CC1C(=O)NN. The molecule has 1 saturated heterocycles. The standard InChI is InChI=1S/C17H16N4O2/c18-9-14-13(17(23)21-19)8-15(20-16(14)22)12-7-3-5-10-4-1-2-6-11(10)12/h1-7,13-15H,8,19H2,(H,20,22)(H,21,23). The summed E-state index contributed by atoms with van der Waals surface area (Å²) in [5.74, 6) is 2.49. The van der Waals surface area contributed by atoms with Gasteiger partial charge in [0.2, 0.25) is 11.8 Å². The second-order valence-corrected chi connectivity index (χ2v) is 5.59. The van der Waals surface area contributed by atoms with Crippen LogP contribution in [0.4, 0.5) is 0 Å². The topological polar surface area (TPSA) is 108 Å². The maximum atomic E-state index is 12.2. The molecule has 23 heavy (non-hydrogen) atoms. The van der Waals surface area contributed by atoms with Gasteiger partial charge in [0.05, 0.1) is 18.0 Å². The average Bonchev–Trinajstić information content (AvgIpc) is 2.59. The number of hydrogen-bond acceptors (Lipinski definition) is 4. The van der Waals surface area contributed by atoms with Crippen LogP contribution in [0.5, 0.6) is 0 Å². The van der Waals surface area contributed by atoms with Crippen molar-refractivity contribution in [3.63, 3.8) is 0 Å². The highest BCUT2D eigenvalue weighted by Crippen LogP contribution is 2.34. The van der Waals surface area contributed by atoms with Gasteiger partial charge in [0, 0.05) is 0 Å². The number of hydrogen-bond donors (Lipinski definition) is 3. The Labute approximate surface area is 133 Å². The van der Waals surface area contributed by atoms with Crippen LogP contribution in [0.1, 0.15) is 18.0 Å². The zero-order chi connectivity index (χ0) is 16.4. The molecule has 1 fully saturated rings. The van der Waals surface area contributed by atoms with Crippen molar-refractivity contribution in [2.45, 2.75) is 12.5 Å². The van der Waals surface area contributed by atoms with Crippen molar-refractivity contribution in [2.75, 3.05) is 0 Å². The first-order chi connectivity index (χ1) is 11.2. The molecule has 0 aliphatic carbocycles. The summed E-state index contributed by atoms with van der Waals surface area (Å²) in [6, 6.07) is 15.2. The number of nitrogens with one attached hydrogen (secondary N) is 2. The van der Waals surface area contributed by atoms with E-state index in [0.29, 0.717) is 6.42 Å². The molecule has 0 bridgehead atoms. The summed E-state index contributed by atoms with van der Waals surface area (Å²) in [6.45, 7) is 0. The van der Waals surface area contributed by atoms with Crippen molar-refractivity contribution >= 4 is 22.6 Å². The molecule has 6 heteroatoms. The molecule has 3 unspecified atom stereocenters. The van der Waals surface area contributed by atoms with Crippen molar-refractivity contribution in [2.24, 2.45) is 17.7 Å². The fourth-order valence-corrected chi connectivity index (χ4v) is 3.17. The van der Waals surface area contributed by atoms with E-state index in [1.807, 2.05) is 48.5 Å². The first-order valence-electron chi connectivity index (χ1n) is 7.34. The summed E-state index contributed by atoms with van der Waals surface area (Å²) >= 11 is 0. The first kappa shape index (κ1) is 15.0. The normalized spacial score (nSPS) is 23.8. The highest BCUT2D eigenvalue weighted by molar-refractivity contribution is 5.92. The highest BCUT2D eigenvalue weighted by Gasteiger charge is 2.41. The van der Waals surface area contributed by atoms with Gasteiger partial charge in [0.1, 0.15) is 5.92 Å². The van der Waals surface area contributed by atoms with Crippen molar-refractivity contribution in [3.05, 3.63) is 48.0 Å². The second kappa shape index (κ2) is 6.07. The molecule has 0 aromatic heterocycles. The summed E-state index contributed by atoms with van der Waals surface area (Å²) in [5.41, 5.74) is 2.99. The number of piperidine rings is 1. The summed E-state index contributed by atoms with van der Waals surface area (Å²) < 4.78 is 0. The molecule has 1 heterocycles. The molecule has 1 aliphatic heterocycles. The molecule has 2 aromatic rings. The first-order valence-corrected chi connectivity index (χ1v) is 7.34. The van der Waals surface area contributed by atoms with Crippen LogP contribution in [0, 0.1) is 23.2 Å². The van der Waals surface area contributed by atoms with Gasteiger partial charge in [-0.15, -0.1) is 0 Å². The summed E-state index contributed by atoms with van der Waals surface area (Å²) in [4.78, 5) is 24.2. The average molecular weight is 308 g/mol. The van der Waals surface area contributed by atoms with Crippen LogP contribution in [0.2, 0.25) is 0 Å². The van der Waals surface area contributed by atoms with Gasteiger partial charge in [-0.05, 0) is 22.8 Å². The molecular weight excluding hydrogens is 292 g/mol. The van der Waals surface area contributed by atoms with Crippen LogP contribution < -0.4 is 16.6 Å². The quantitative estimate of drug-likeness (QED) is 0.439. The molecule has 6 nitrogen and oxygen atoms in total. The summed E-state index contributed by atoms with van der Waals surface area (Å²) in [5, 5.41) is 14.1. The number of benzene rings is 2. The molecule has 4 N–H and O–H groups in total. The zero-order valence-corrected chi connectivity index (χ0v) is 12.3. The van der Waals surface area contributed by atoms with Crippen molar-refractivity contribution in [3.8, 4) is 6.07 Å². The number of amides is 2. The largest absolute Gasteiger partial charge is 0.348 e. The lowest BCUT2D eigenvalue weighted by molar-refractivity contribution is -0.136. The van der Waals surface area contributed by atoms with Crippen LogP contribution in [0.15, 0.2) is 42.5 Å². The third-order valence-electron chi connectivity index (χ3n) is 4.31. The molecule has 3 rings (SSSR count). The lowest BCUT2D eigenvalue weighted by Gasteiger charge is -2.32. The van der Waals surface area contributed by atoms with Gasteiger partial charge in [0.15, 0.2) is 0 Å². The molecule has 2 aromatic carbocycles. The summed E-state index contributed by atoms with van der Waals surface area (Å²) in [6.07, 6.45) is 0.334. The molecular formula is C17H16N4O2. The van der Waals surface area contributed by atoms with Crippen molar-refractivity contribution < 1.29 is 9.59 Å². The van der Waals surface area contributed by atoms with E-state index in [4.69, 9.17) is 5.84 Å². The minimum absolute atomic E-state index is 0.333. The monoisotopic (exact) mass is 308 g/mol. The van der Waals surface area contributed by atoms with E-state index in [1.165, 1.54) is 0 Å². The Hall–Kier alpha value is -2.91. The molecule has 116 valence electrons. The number of nitrogens with two attached hydrogens (primary N) is 1. The van der Waals surface area contributed by atoms with E-state index in [0.717, 1.165) is 16.3 Å². The molecule has 3 atom stereocenters. The Balaban J connectivity index is 2.01. The van der Waals surface area contributed by atoms with Crippen molar-refractivity contribution in [1.29, 1.82) is 5.26 Å². The Morgan fingerprint density at radius 1 is 1.26 bits per heavy atom. The molecule has 2 amide bonds. The van der Waals surface area contributed by atoms with Crippen LogP contribution in [-0.4, -0.2) is 11.8 Å². The van der Waals surface area contributed by atoms with Crippen LogP contribution in [0.3, 0.4) is 0 Å². The Morgan fingerprint density at radius 2 is 2.00 bits per heavy atom. The predicted octanol–water partition coefficient (Wildman–Crippen LogP) is 1.15. The zero-order valence-electron chi connectivity index (χ0n) is 12.3. The molecule has 0 spiro atoms. The third-order valence-corrected chi connectivity index (χ3v) is 4.31. The van der Waals surface area contributed by atoms with E-state index in [9.17, 15) is 14.9 Å². The number of hydrazine groups is 1. The van der Waals surface area contributed by atoms with Crippen LogP contribution in [0.25, 0.3) is 10.8 Å². The fraction of sp³-hybridized carbons (Fsp3) is 0.235. The maximum absolute atomic E-state index is 12.2. The molecule has 0 saturated carbocycles. The van der Waals surface area contributed by atoms with Gasteiger partial charge in [-0.1, -0.05) is 42.5 Å². The lowest BCUT2D eigenvalue weighted by Crippen LogP contribution is -2.50. The van der Waals surface area contributed by atoms with E-state index in [-0.39, 0.29) is 6.04 Å². The Kier molecular flexibility index (Phi) is 3.96. The minimum atomic E-state index is -1.02. The van der Waals surface area contributed by atoms with E-state index in [1.54, 1.807) is 0 Å².